The average Bonchev–Trinajstić information content (AvgIpc) is 2.19. The highest BCUT2D eigenvalue weighted by Crippen LogP contribution is 2.27. The monoisotopic (exact) mass is 236 g/mol. The third kappa shape index (κ3) is 2.22. The van der Waals surface area contributed by atoms with E-state index >= 15 is 0 Å². The summed E-state index contributed by atoms with van der Waals surface area (Å²) < 4.78 is 1.18. The second-order valence-electron chi connectivity index (χ2n) is 3.49. The van der Waals surface area contributed by atoms with Crippen molar-refractivity contribution in [3.8, 4) is 0 Å². The van der Waals surface area contributed by atoms with E-state index in [2.05, 4.69) is 46.3 Å². The third-order valence-electron chi connectivity index (χ3n) is 2.49. The Kier molecular flexibility index (Phi) is 2.84. The SMILES string of the molecule is Brc1cccc(C2=CCCCC2)c1. The van der Waals surface area contributed by atoms with Crippen LogP contribution in [-0.4, -0.2) is 0 Å². The van der Waals surface area contributed by atoms with Crippen molar-refractivity contribution in [2.45, 2.75) is 25.7 Å². The van der Waals surface area contributed by atoms with Gasteiger partial charge in [0, 0.05) is 4.47 Å². The molecule has 0 heterocycles. The Balaban J connectivity index is 2.29. The molecule has 0 aliphatic heterocycles. The molecular formula is C12H13Br. The van der Waals surface area contributed by atoms with E-state index in [-0.39, 0.29) is 0 Å². The normalized spacial score (nSPS) is 16.8. The number of benzene rings is 1. The van der Waals surface area contributed by atoms with Crippen LogP contribution in [0.2, 0.25) is 0 Å². The van der Waals surface area contributed by atoms with Crippen LogP contribution in [0.5, 0.6) is 0 Å². The van der Waals surface area contributed by atoms with Crippen molar-refractivity contribution in [3.05, 3.63) is 40.4 Å². The van der Waals surface area contributed by atoms with E-state index in [1.807, 2.05) is 0 Å². The Morgan fingerprint density at radius 2 is 2.08 bits per heavy atom. The largest absolute Gasteiger partial charge is 0.0807 e. The summed E-state index contributed by atoms with van der Waals surface area (Å²) in [5.41, 5.74) is 2.90. The Morgan fingerprint density at radius 1 is 1.15 bits per heavy atom. The van der Waals surface area contributed by atoms with Gasteiger partial charge in [-0.1, -0.05) is 34.1 Å². The number of halogens is 1. The van der Waals surface area contributed by atoms with E-state index in [1.54, 1.807) is 0 Å². The van der Waals surface area contributed by atoms with Gasteiger partial charge in [0.25, 0.3) is 0 Å². The fourth-order valence-electron chi connectivity index (χ4n) is 1.79. The van der Waals surface area contributed by atoms with Crippen LogP contribution in [0.15, 0.2) is 34.8 Å². The Morgan fingerprint density at radius 3 is 2.77 bits per heavy atom. The minimum Gasteiger partial charge on any atom is -0.0807 e. The topological polar surface area (TPSA) is 0 Å². The molecule has 1 aliphatic rings. The molecule has 1 aromatic carbocycles. The zero-order valence-corrected chi connectivity index (χ0v) is 9.18. The van der Waals surface area contributed by atoms with Gasteiger partial charge in [-0.25, -0.2) is 0 Å². The Bertz CT molecular complexity index is 326. The Hall–Kier alpha value is -0.560. The van der Waals surface area contributed by atoms with Gasteiger partial charge in [0.1, 0.15) is 0 Å². The van der Waals surface area contributed by atoms with Crippen molar-refractivity contribution in [1.29, 1.82) is 0 Å². The van der Waals surface area contributed by atoms with Crippen LogP contribution in [-0.2, 0) is 0 Å². The molecule has 0 amide bonds. The molecule has 1 heteroatoms. The third-order valence-corrected chi connectivity index (χ3v) is 2.98. The van der Waals surface area contributed by atoms with E-state index in [4.69, 9.17) is 0 Å². The molecule has 0 saturated carbocycles. The highest BCUT2D eigenvalue weighted by atomic mass is 79.9. The lowest BCUT2D eigenvalue weighted by Crippen LogP contribution is -1.91. The van der Waals surface area contributed by atoms with Crippen molar-refractivity contribution in [2.75, 3.05) is 0 Å². The molecular weight excluding hydrogens is 224 g/mol. The minimum atomic E-state index is 1.18. The van der Waals surface area contributed by atoms with Gasteiger partial charge in [0.05, 0.1) is 0 Å². The minimum absolute atomic E-state index is 1.18. The van der Waals surface area contributed by atoms with Crippen LogP contribution in [0.4, 0.5) is 0 Å². The maximum atomic E-state index is 3.50. The molecule has 0 radical (unpaired) electrons. The lowest BCUT2D eigenvalue weighted by molar-refractivity contribution is 0.742. The first-order chi connectivity index (χ1) is 6.36. The Labute approximate surface area is 87.8 Å². The zero-order valence-electron chi connectivity index (χ0n) is 7.59. The van der Waals surface area contributed by atoms with Gasteiger partial charge in [-0.3, -0.25) is 0 Å². The summed E-state index contributed by atoms with van der Waals surface area (Å²) in [5, 5.41) is 0. The number of hydrogen-bond donors (Lipinski definition) is 0. The summed E-state index contributed by atoms with van der Waals surface area (Å²) in [7, 11) is 0. The highest BCUT2D eigenvalue weighted by molar-refractivity contribution is 9.10. The van der Waals surface area contributed by atoms with Crippen LogP contribution in [0.1, 0.15) is 31.2 Å². The predicted octanol–water partition coefficient (Wildman–Crippen LogP) is 4.41. The maximum absolute atomic E-state index is 3.50. The van der Waals surface area contributed by atoms with Crippen molar-refractivity contribution in [1.82, 2.24) is 0 Å². The van der Waals surface area contributed by atoms with E-state index in [9.17, 15) is 0 Å². The van der Waals surface area contributed by atoms with E-state index < -0.39 is 0 Å². The van der Waals surface area contributed by atoms with Crippen LogP contribution in [0.3, 0.4) is 0 Å². The molecule has 0 unspecified atom stereocenters. The second-order valence-corrected chi connectivity index (χ2v) is 4.40. The zero-order chi connectivity index (χ0) is 9.10. The molecule has 2 rings (SSSR count). The lowest BCUT2D eigenvalue weighted by Gasteiger charge is -2.12. The predicted molar refractivity (Wildman–Crippen MR) is 60.6 cm³/mol. The number of allylic oxidation sites excluding steroid dienone is 2. The molecule has 0 atom stereocenters. The summed E-state index contributed by atoms with van der Waals surface area (Å²) in [6.45, 7) is 0. The molecule has 0 spiro atoms. The molecule has 0 saturated heterocycles. The van der Waals surface area contributed by atoms with Crippen LogP contribution < -0.4 is 0 Å². The quantitative estimate of drug-likeness (QED) is 0.678. The second kappa shape index (κ2) is 4.10. The highest BCUT2D eigenvalue weighted by Gasteiger charge is 2.05. The van der Waals surface area contributed by atoms with Gasteiger partial charge in [-0.2, -0.15) is 0 Å². The molecule has 13 heavy (non-hydrogen) atoms. The van der Waals surface area contributed by atoms with E-state index in [1.165, 1.54) is 41.3 Å². The number of rotatable bonds is 1. The molecule has 1 aromatic rings. The first kappa shape index (κ1) is 9.01. The van der Waals surface area contributed by atoms with Crippen LogP contribution >= 0.6 is 15.9 Å². The van der Waals surface area contributed by atoms with Gasteiger partial charge in [-0.15, -0.1) is 0 Å². The summed E-state index contributed by atoms with van der Waals surface area (Å²) >= 11 is 3.50. The molecule has 0 N–H and O–H groups in total. The number of hydrogen-bond acceptors (Lipinski definition) is 0. The average molecular weight is 237 g/mol. The molecule has 0 fully saturated rings. The van der Waals surface area contributed by atoms with Crippen LogP contribution in [0, 0.1) is 0 Å². The first-order valence-corrected chi connectivity index (χ1v) is 5.60. The van der Waals surface area contributed by atoms with Gasteiger partial charge in [0.2, 0.25) is 0 Å². The van der Waals surface area contributed by atoms with Crippen LogP contribution in [0.25, 0.3) is 5.57 Å². The van der Waals surface area contributed by atoms with Crippen molar-refractivity contribution >= 4 is 21.5 Å². The fourth-order valence-corrected chi connectivity index (χ4v) is 2.19. The fraction of sp³-hybridized carbons (Fsp3) is 0.333. The molecule has 0 bridgehead atoms. The maximum Gasteiger partial charge on any atom is 0.0181 e. The molecule has 0 nitrogen and oxygen atoms in total. The summed E-state index contributed by atoms with van der Waals surface area (Å²) in [4.78, 5) is 0. The summed E-state index contributed by atoms with van der Waals surface area (Å²) in [5.74, 6) is 0. The van der Waals surface area contributed by atoms with Gasteiger partial charge < -0.3 is 0 Å². The van der Waals surface area contributed by atoms with Crippen molar-refractivity contribution < 1.29 is 0 Å². The summed E-state index contributed by atoms with van der Waals surface area (Å²) in [6, 6.07) is 8.58. The van der Waals surface area contributed by atoms with Gasteiger partial charge >= 0.3 is 0 Å². The lowest BCUT2D eigenvalue weighted by atomic mass is 9.94. The summed E-state index contributed by atoms with van der Waals surface area (Å²) in [6.07, 6.45) is 7.58. The van der Waals surface area contributed by atoms with Gasteiger partial charge in [-0.05, 0) is 49.0 Å². The molecule has 0 aromatic heterocycles. The molecule has 68 valence electrons. The van der Waals surface area contributed by atoms with Gasteiger partial charge in [0.15, 0.2) is 0 Å². The molecule has 1 aliphatic carbocycles. The van der Waals surface area contributed by atoms with E-state index in [0.717, 1.165) is 0 Å². The standard InChI is InChI=1S/C12H13Br/c13-12-8-4-7-11(9-12)10-5-2-1-3-6-10/h4-5,7-9H,1-3,6H2. The van der Waals surface area contributed by atoms with Crippen molar-refractivity contribution in [3.63, 3.8) is 0 Å². The van der Waals surface area contributed by atoms with E-state index in [0.29, 0.717) is 0 Å². The smallest absolute Gasteiger partial charge is 0.0181 e. The van der Waals surface area contributed by atoms with Crippen molar-refractivity contribution in [2.24, 2.45) is 0 Å². The first-order valence-electron chi connectivity index (χ1n) is 4.81.